The van der Waals surface area contributed by atoms with E-state index in [9.17, 15) is 0 Å². The second-order valence-electron chi connectivity index (χ2n) is 7.00. The maximum atomic E-state index is 3.69. The fourth-order valence-electron chi connectivity index (χ4n) is 2.47. The van der Waals surface area contributed by atoms with Gasteiger partial charge in [-0.2, -0.15) is 0 Å². The first-order valence-corrected chi connectivity index (χ1v) is 6.21. The van der Waals surface area contributed by atoms with E-state index in [0.29, 0.717) is 12.1 Å². The molecule has 0 radical (unpaired) electrons. The molecule has 2 nitrogen and oxygen atoms in total. The van der Waals surface area contributed by atoms with Gasteiger partial charge in [-0.1, -0.05) is 0 Å². The average Bonchev–Trinajstić information content (AvgIpc) is 2.28. The third kappa shape index (κ3) is 5.53. The van der Waals surface area contributed by atoms with Crippen LogP contribution in [0.5, 0.6) is 0 Å². The van der Waals surface area contributed by atoms with Crippen LogP contribution >= 0.6 is 0 Å². The maximum absolute atomic E-state index is 3.69. The fourth-order valence-corrected chi connectivity index (χ4v) is 2.47. The van der Waals surface area contributed by atoms with E-state index in [2.05, 4.69) is 52.2 Å². The summed E-state index contributed by atoms with van der Waals surface area (Å²) in [6, 6.07) is 1.40. The predicted octanol–water partition coefficient (Wildman–Crippen LogP) is 2.68. The number of hydrogen-bond acceptors (Lipinski definition) is 2. The Morgan fingerprint density at radius 3 is 1.33 bits per heavy atom. The Morgan fingerprint density at radius 1 is 0.733 bits per heavy atom. The smallest absolute Gasteiger partial charge is 0.00991 e. The van der Waals surface area contributed by atoms with Crippen LogP contribution in [0.3, 0.4) is 0 Å². The van der Waals surface area contributed by atoms with Gasteiger partial charge in [-0.05, 0) is 60.8 Å². The molecule has 1 aliphatic carbocycles. The molecule has 0 saturated heterocycles. The summed E-state index contributed by atoms with van der Waals surface area (Å²) in [7, 11) is 0. The van der Waals surface area contributed by atoms with Crippen LogP contribution in [0.15, 0.2) is 0 Å². The van der Waals surface area contributed by atoms with Crippen molar-refractivity contribution in [3.05, 3.63) is 0 Å². The van der Waals surface area contributed by atoms with Gasteiger partial charge in [-0.25, -0.2) is 0 Å². The van der Waals surface area contributed by atoms with Crippen LogP contribution in [0.4, 0.5) is 0 Å². The Kier molecular flexibility index (Phi) is 3.83. The summed E-state index contributed by atoms with van der Waals surface area (Å²) in [5.74, 6) is 0. The number of rotatable bonds is 2. The molecule has 0 spiro atoms. The molecule has 0 heterocycles. The van der Waals surface area contributed by atoms with E-state index < -0.39 is 0 Å². The van der Waals surface area contributed by atoms with Crippen molar-refractivity contribution >= 4 is 0 Å². The van der Waals surface area contributed by atoms with E-state index in [1.165, 1.54) is 19.3 Å². The van der Waals surface area contributed by atoms with Crippen molar-refractivity contribution in [2.75, 3.05) is 0 Å². The van der Waals surface area contributed by atoms with E-state index in [4.69, 9.17) is 0 Å². The second kappa shape index (κ2) is 4.42. The van der Waals surface area contributed by atoms with Crippen LogP contribution in [-0.4, -0.2) is 23.2 Å². The highest BCUT2D eigenvalue weighted by Gasteiger charge is 2.29. The minimum Gasteiger partial charge on any atom is -0.309 e. The van der Waals surface area contributed by atoms with Crippen molar-refractivity contribution in [2.24, 2.45) is 0 Å². The molecule has 90 valence electrons. The Hall–Kier alpha value is -0.0800. The normalized spacial score (nSPS) is 28.4. The highest BCUT2D eigenvalue weighted by Crippen LogP contribution is 2.23. The molecule has 2 atom stereocenters. The molecule has 0 aromatic rings. The Morgan fingerprint density at radius 2 is 1.07 bits per heavy atom. The monoisotopic (exact) mass is 212 g/mol. The van der Waals surface area contributed by atoms with Crippen LogP contribution in [0, 0.1) is 0 Å². The van der Waals surface area contributed by atoms with Crippen LogP contribution < -0.4 is 10.6 Å². The lowest BCUT2D eigenvalue weighted by molar-refractivity contribution is 0.333. The Labute approximate surface area is 95.2 Å². The molecule has 0 amide bonds. The van der Waals surface area contributed by atoms with Crippen molar-refractivity contribution in [1.82, 2.24) is 10.6 Å². The first kappa shape index (κ1) is 13.0. The van der Waals surface area contributed by atoms with Crippen molar-refractivity contribution in [1.29, 1.82) is 0 Å². The van der Waals surface area contributed by atoms with Crippen molar-refractivity contribution < 1.29 is 0 Å². The van der Waals surface area contributed by atoms with Gasteiger partial charge in [0.05, 0.1) is 0 Å². The van der Waals surface area contributed by atoms with Gasteiger partial charge >= 0.3 is 0 Å². The zero-order valence-electron chi connectivity index (χ0n) is 11.3. The zero-order valence-corrected chi connectivity index (χ0v) is 11.3. The van der Waals surface area contributed by atoms with Crippen LogP contribution in [0.25, 0.3) is 0 Å². The Bertz CT molecular complexity index is 176. The zero-order chi connectivity index (χ0) is 11.7. The summed E-state index contributed by atoms with van der Waals surface area (Å²) < 4.78 is 0. The SMILES string of the molecule is CC(C)(C)N[C@H]1CC[C@H](NC(C)(C)C)C1. The highest BCUT2D eigenvalue weighted by atomic mass is 15.0. The largest absolute Gasteiger partial charge is 0.309 e. The van der Waals surface area contributed by atoms with Gasteiger partial charge in [-0.15, -0.1) is 0 Å². The van der Waals surface area contributed by atoms with Gasteiger partial charge in [0, 0.05) is 23.2 Å². The number of nitrogens with one attached hydrogen (secondary N) is 2. The first-order chi connectivity index (χ1) is 6.66. The summed E-state index contributed by atoms with van der Waals surface area (Å²) in [5.41, 5.74) is 0.503. The lowest BCUT2D eigenvalue weighted by Gasteiger charge is -2.28. The molecule has 15 heavy (non-hydrogen) atoms. The van der Waals surface area contributed by atoms with Gasteiger partial charge in [0.1, 0.15) is 0 Å². The molecule has 1 rings (SSSR count). The van der Waals surface area contributed by atoms with Crippen molar-refractivity contribution in [3.8, 4) is 0 Å². The van der Waals surface area contributed by atoms with Crippen molar-refractivity contribution in [3.63, 3.8) is 0 Å². The maximum Gasteiger partial charge on any atom is 0.00991 e. The molecule has 0 unspecified atom stereocenters. The molecular formula is C13H28N2. The molecule has 0 aliphatic heterocycles. The Balaban J connectivity index is 2.33. The average molecular weight is 212 g/mol. The summed E-state index contributed by atoms with van der Waals surface area (Å²) in [6.45, 7) is 13.5. The molecule has 1 aliphatic rings. The standard InChI is InChI=1S/C13H28N2/c1-12(2,3)14-10-7-8-11(9-10)15-13(4,5)6/h10-11,14-15H,7-9H2,1-6H3/t10-,11-/m0/s1. The second-order valence-corrected chi connectivity index (χ2v) is 7.00. The fraction of sp³-hybridized carbons (Fsp3) is 1.00. The van der Waals surface area contributed by atoms with Crippen LogP contribution in [0.1, 0.15) is 60.8 Å². The molecule has 2 N–H and O–H groups in total. The van der Waals surface area contributed by atoms with E-state index >= 15 is 0 Å². The molecule has 0 bridgehead atoms. The van der Waals surface area contributed by atoms with Gasteiger partial charge in [0.25, 0.3) is 0 Å². The van der Waals surface area contributed by atoms with Gasteiger partial charge in [-0.3, -0.25) is 0 Å². The van der Waals surface area contributed by atoms with E-state index in [1.807, 2.05) is 0 Å². The van der Waals surface area contributed by atoms with Crippen LogP contribution in [-0.2, 0) is 0 Å². The molecule has 0 aromatic heterocycles. The third-order valence-corrected chi connectivity index (χ3v) is 2.71. The predicted molar refractivity (Wildman–Crippen MR) is 67.2 cm³/mol. The van der Waals surface area contributed by atoms with Gasteiger partial charge < -0.3 is 10.6 Å². The quantitative estimate of drug-likeness (QED) is 0.735. The molecule has 0 aromatic carbocycles. The van der Waals surface area contributed by atoms with Crippen LogP contribution in [0.2, 0.25) is 0 Å². The van der Waals surface area contributed by atoms with Gasteiger partial charge in [0.2, 0.25) is 0 Å². The summed E-state index contributed by atoms with van der Waals surface area (Å²) >= 11 is 0. The first-order valence-electron chi connectivity index (χ1n) is 6.21. The third-order valence-electron chi connectivity index (χ3n) is 2.71. The molecule has 1 fully saturated rings. The molecule has 2 heteroatoms. The van der Waals surface area contributed by atoms with E-state index in [1.54, 1.807) is 0 Å². The van der Waals surface area contributed by atoms with E-state index in [0.717, 1.165) is 0 Å². The summed E-state index contributed by atoms with van der Waals surface area (Å²) in [4.78, 5) is 0. The van der Waals surface area contributed by atoms with E-state index in [-0.39, 0.29) is 11.1 Å². The summed E-state index contributed by atoms with van der Waals surface area (Å²) in [6.07, 6.45) is 3.89. The number of hydrogen-bond donors (Lipinski definition) is 2. The lowest BCUT2D eigenvalue weighted by Crippen LogP contribution is -2.45. The highest BCUT2D eigenvalue weighted by molar-refractivity contribution is 4.91. The minimum absolute atomic E-state index is 0.251. The topological polar surface area (TPSA) is 24.1 Å². The van der Waals surface area contributed by atoms with Gasteiger partial charge in [0.15, 0.2) is 0 Å². The molecular weight excluding hydrogens is 184 g/mol. The summed E-state index contributed by atoms with van der Waals surface area (Å²) in [5, 5.41) is 7.39. The molecule has 1 saturated carbocycles. The minimum atomic E-state index is 0.251. The van der Waals surface area contributed by atoms with Crippen molar-refractivity contribution in [2.45, 2.75) is 84.0 Å². The lowest BCUT2D eigenvalue weighted by atomic mass is 10.1.